The molecule has 0 spiro atoms. The van der Waals surface area contributed by atoms with E-state index in [4.69, 9.17) is 0 Å². The van der Waals surface area contributed by atoms with Crippen LogP contribution in [0.3, 0.4) is 0 Å². The van der Waals surface area contributed by atoms with Crippen molar-refractivity contribution in [2.75, 3.05) is 0 Å². The molecule has 202 valence electrons. The molecule has 0 heterocycles. The summed E-state index contributed by atoms with van der Waals surface area (Å²) in [4.78, 5) is 21.9. The second-order valence-corrected chi connectivity index (χ2v) is 10.8. The average Bonchev–Trinajstić information content (AvgIpc) is 2.67. The van der Waals surface area contributed by atoms with E-state index in [-0.39, 0.29) is 83.5 Å². The van der Waals surface area contributed by atoms with E-state index in [1.807, 2.05) is 0 Å². The molecule has 0 aliphatic rings. The predicted molar refractivity (Wildman–Crippen MR) is 124 cm³/mol. The summed E-state index contributed by atoms with van der Waals surface area (Å²) in [6.07, 6.45) is 7.60. The van der Waals surface area contributed by atoms with Crippen LogP contribution in [0.1, 0.15) is 117 Å². The molecule has 0 rings (SSSR count). The number of ketones is 2. The van der Waals surface area contributed by atoms with Crippen LogP contribution in [-0.2, 0) is 38.8 Å². The van der Waals surface area contributed by atoms with Crippen LogP contribution < -0.4 is 59.1 Å². The standard InChI is InChI=1S/C22H42O10S2.2Na/c1-19(23)15-11-7-3-5-9-13-17-21(31-33(25,26)27)22(32-34(28,29)30)18-14-10-6-4-8-12-16-20(2)24;;/h21-22H,3-18H2,1-2H3,(H,25,26,27)(H,28,29,30);;/q;2*+1/p-2. The fourth-order valence-corrected chi connectivity index (χ4v) is 4.79. The maximum absolute atomic E-state index is 11.2. The number of carbonyl (C=O) groups is 2. The number of hydrogen-bond acceptors (Lipinski definition) is 10. The van der Waals surface area contributed by atoms with E-state index in [1.165, 1.54) is 0 Å². The first-order valence-electron chi connectivity index (χ1n) is 12.1. The average molecular weight is 575 g/mol. The summed E-state index contributed by atoms with van der Waals surface area (Å²) in [5, 5.41) is 0. The Morgan fingerprint density at radius 1 is 0.556 bits per heavy atom. The summed E-state index contributed by atoms with van der Waals surface area (Å²) in [5.41, 5.74) is 0. The molecular weight excluding hydrogens is 534 g/mol. The van der Waals surface area contributed by atoms with E-state index in [0.717, 1.165) is 51.4 Å². The molecule has 10 nitrogen and oxygen atoms in total. The molecule has 0 aromatic carbocycles. The summed E-state index contributed by atoms with van der Waals surface area (Å²) in [6.45, 7) is 3.09. The topological polar surface area (TPSA) is 167 Å². The Morgan fingerprint density at radius 2 is 0.806 bits per heavy atom. The van der Waals surface area contributed by atoms with Gasteiger partial charge in [0.05, 0.1) is 0 Å². The maximum atomic E-state index is 11.2. The Kier molecular flexibility index (Phi) is 27.6. The van der Waals surface area contributed by atoms with Crippen LogP contribution in [0.5, 0.6) is 0 Å². The SMILES string of the molecule is CC(=O)CCCCCCCCC(OS(=O)(=O)[O-])C(CCCCCCCCC(C)=O)OS(=O)(=O)[O-].[Na+].[Na+]. The molecule has 0 amide bonds. The number of carbonyl (C=O) groups excluding carboxylic acids is 2. The molecule has 2 unspecified atom stereocenters. The largest absolute Gasteiger partial charge is 1.00 e. The van der Waals surface area contributed by atoms with Gasteiger partial charge in [-0.25, -0.2) is 16.8 Å². The van der Waals surface area contributed by atoms with E-state index in [0.29, 0.717) is 38.5 Å². The van der Waals surface area contributed by atoms with E-state index in [9.17, 15) is 35.5 Å². The van der Waals surface area contributed by atoms with Crippen molar-refractivity contribution in [1.29, 1.82) is 0 Å². The van der Waals surface area contributed by atoms with Crippen LogP contribution >= 0.6 is 0 Å². The first kappa shape index (κ1) is 41.6. The van der Waals surface area contributed by atoms with Crippen molar-refractivity contribution in [3.63, 3.8) is 0 Å². The fourth-order valence-electron chi connectivity index (χ4n) is 3.75. The van der Waals surface area contributed by atoms with Gasteiger partial charge in [0.1, 0.15) is 23.8 Å². The molecule has 0 saturated heterocycles. The number of hydrogen-bond donors (Lipinski definition) is 0. The minimum absolute atomic E-state index is 0. The zero-order valence-corrected chi connectivity index (χ0v) is 28.0. The third-order valence-corrected chi connectivity index (χ3v) is 6.40. The first-order valence-corrected chi connectivity index (χ1v) is 14.7. The maximum Gasteiger partial charge on any atom is 1.00 e. The van der Waals surface area contributed by atoms with Crippen molar-refractivity contribution in [3.05, 3.63) is 0 Å². The molecular formula is C22H40Na2O10S2. The summed E-state index contributed by atoms with van der Waals surface area (Å²) < 4.78 is 76.3. The smallest absolute Gasteiger partial charge is 0.726 e. The van der Waals surface area contributed by atoms with Crippen LogP contribution in [0.25, 0.3) is 0 Å². The van der Waals surface area contributed by atoms with E-state index in [1.54, 1.807) is 13.8 Å². The van der Waals surface area contributed by atoms with Crippen molar-refractivity contribution in [1.82, 2.24) is 0 Å². The van der Waals surface area contributed by atoms with Crippen LogP contribution in [0, 0.1) is 0 Å². The van der Waals surface area contributed by atoms with Gasteiger partial charge in [0.2, 0.25) is 20.8 Å². The summed E-state index contributed by atoms with van der Waals surface area (Å²) in [7, 11) is -10.3. The monoisotopic (exact) mass is 574 g/mol. The van der Waals surface area contributed by atoms with Crippen LogP contribution in [0.15, 0.2) is 0 Å². The van der Waals surface area contributed by atoms with Crippen LogP contribution in [0.4, 0.5) is 0 Å². The van der Waals surface area contributed by atoms with Gasteiger partial charge >= 0.3 is 59.1 Å². The van der Waals surface area contributed by atoms with E-state index >= 15 is 0 Å². The Hall–Kier alpha value is 1.08. The fraction of sp³-hybridized carbons (Fsp3) is 0.909. The Labute approximate surface area is 261 Å². The molecule has 0 N–H and O–H groups in total. The van der Waals surface area contributed by atoms with Gasteiger partial charge in [-0.2, -0.15) is 0 Å². The van der Waals surface area contributed by atoms with Gasteiger partial charge in [0.15, 0.2) is 0 Å². The second kappa shape index (κ2) is 23.9. The summed E-state index contributed by atoms with van der Waals surface area (Å²) >= 11 is 0. The second-order valence-electron chi connectivity index (χ2n) is 8.81. The van der Waals surface area contributed by atoms with Crippen molar-refractivity contribution < 1.29 is 103 Å². The zero-order valence-electron chi connectivity index (χ0n) is 22.4. The molecule has 36 heavy (non-hydrogen) atoms. The normalized spacial score (nSPS) is 13.3. The van der Waals surface area contributed by atoms with E-state index < -0.39 is 33.0 Å². The van der Waals surface area contributed by atoms with Crippen molar-refractivity contribution in [3.8, 4) is 0 Å². The molecule has 14 heteroatoms. The molecule has 0 saturated carbocycles. The minimum Gasteiger partial charge on any atom is -0.726 e. The van der Waals surface area contributed by atoms with Gasteiger partial charge in [-0.1, -0.05) is 64.2 Å². The van der Waals surface area contributed by atoms with Gasteiger partial charge < -0.3 is 18.7 Å². The third-order valence-electron chi connectivity index (χ3n) is 5.43. The van der Waals surface area contributed by atoms with Crippen molar-refractivity contribution in [2.24, 2.45) is 0 Å². The van der Waals surface area contributed by atoms with Crippen LogP contribution in [-0.4, -0.2) is 49.7 Å². The van der Waals surface area contributed by atoms with Gasteiger partial charge in [0.25, 0.3) is 0 Å². The van der Waals surface area contributed by atoms with Crippen molar-refractivity contribution >= 4 is 32.4 Å². The zero-order chi connectivity index (χ0) is 26.0. The summed E-state index contributed by atoms with van der Waals surface area (Å²) in [5.74, 6) is 0.289. The molecule has 0 aromatic rings. The van der Waals surface area contributed by atoms with Crippen molar-refractivity contribution in [2.45, 2.75) is 129 Å². The predicted octanol–water partition coefficient (Wildman–Crippen LogP) is -1.90. The quantitative estimate of drug-likeness (QED) is 0.0582. The Balaban J connectivity index is -0.00000544. The summed E-state index contributed by atoms with van der Waals surface area (Å²) in [6, 6.07) is 0. The molecule has 0 radical (unpaired) electrons. The molecule has 0 fully saturated rings. The number of Topliss-reactive ketones (excluding diaryl/α,β-unsaturated/α-hetero) is 2. The van der Waals surface area contributed by atoms with Gasteiger partial charge in [-0.15, -0.1) is 0 Å². The molecule has 0 aliphatic heterocycles. The van der Waals surface area contributed by atoms with Gasteiger partial charge in [-0.3, -0.25) is 8.37 Å². The molecule has 0 aromatic heterocycles. The number of rotatable bonds is 23. The van der Waals surface area contributed by atoms with E-state index in [2.05, 4.69) is 8.37 Å². The van der Waals surface area contributed by atoms with Gasteiger partial charge in [-0.05, 0) is 39.5 Å². The molecule has 0 aliphatic carbocycles. The Bertz CT molecular complexity index is 723. The number of unbranched alkanes of at least 4 members (excludes halogenated alkanes) is 10. The molecule has 0 bridgehead atoms. The van der Waals surface area contributed by atoms with Crippen LogP contribution in [0.2, 0.25) is 0 Å². The third kappa shape index (κ3) is 29.6. The minimum atomic E-state index is -5.13. The van der Waals surface area contributed by atoms with Gasteiger partial charge in [0, 0.05) is 12.8 Å². The Morgan fingerprint density at radius 3 is 1.06 bits per heavy atom. The first-order chi connectivity index (χ1) is 15.8. The molecule has 2 atom stereocenters.